The van der Waals surface area contributed by atoms with E-state index < -0.39 is 0 Å². The highest BCUT2D eigenvalue weighted by molar-refractivity contribution is 5.03. The smallest absolute Gasteiger partial charge is 0.243 e. The number of hydrogen-bond acceptors (Lipinski definition) is 6. The molecule has 2 atom stereocenters. The van der Waals surface area contributed by atoms with Gasteiger partial charge in [0.2, 0.25) is 5.89 Å². The quantitative estimate of drug-likeness (QED) is 0.836. The summed E-state index contributed by atoms with van der Waals surface area (Å²) in [5.41, 5.74) is 0. The van der Waals surface area contributed by atoms with Gasteiger partial charge >= 0.3 is 0 Å². The lowest BCUT2D eigenvalue weighted by molar-refractivity contribution is 0.00781. The minimum Gasteiger partial charge on any atom is -0.338 e. The summed E-state index contributed by atoms with van der Waals surface area (Å²) >= 11 is 0. The Kier molecular flexibility index (Phi) is 3.32. The molecule has 0 radical (unpaired) electrons. The summed E-state index contributed by atoms with van der Waals surface area (Å²) in [5, 5.41) is 7.38. The first kappa shape index (κ1) is 12.1. The van der Waals surface area contributed by atoms with Crippen LogP contribution in [-0.4, -0.2) is 59.7 Å². The fourth-order valence-corrected chi connectivity index (χ4v) is 2.89. The van der Waals surface area contributed by atoms with Crippen molar-refractivity contribution >= 4 is 0 Å². The van der Waals surface area contributed by atoms with E-state index in [2.05, 4.69) is 32.2 Å². The van der Waals surface area contributed by atoms with Crippen molar-refractivity contribution in [3.8, 4) is 0 Å². The summed E-state index contributed by atoms with van der Waals surface area (Å²) in [6.45, 7) is 7.75. The van der Waals surface area contributed by atoms with Crippen LogP contribution in [0.25, 0.3) is 0 Å². The van der Waals surface area contributed by atoms with Crippen molar-refractivity contribution in [3.05, 3.63) is 11.7 Å². The van der Waals surface area contributed by atoms with E-state index in [1.54, 1.807) is 0 Å². The fraction of sp³-hybridized carbons (Fsp3) is 0.833. The van der Waals surface area contributed by atoms with Gasteiger partial charge in [-0.1, -0.05) is 12.1 Å². The number of piperazine rings is 3. The molecule has 6 nitrogen and oxygen atoms in total. The highest BCUT2D eigenvalue weighted by Gasteiger charge is 2.35. The highest BCUT2D eigenvalue weighted by Crippen LogP contribution is 2.27. The summed E-state index contributed by atoms with van der Waals surface area (Å²) in [6, 6.07) is 0.488. The Bertz CT molecular complexity index is 395. The molecule has 4 heterocycles. The molecule has 1 N–H and O–H groups in total. The number of aromatic nitrogens is 2. The molecule has 1 aromatic heterocycles. The van der Waals surface area contributed by atoms with Gasteiger partial charge in [0.25, 0.3) is 0 Å². The van der Waals surface area contributed by atoms with Gasteiger partial charge < -0.3 is 9.84 Å². The molecule has 3 aliphatic heterocycles. The van der Waals surface area contributed by atoms with Crippen LogP contribution in [0.5, 0.6) is 0 Å². The van der Waals surface area contributed by atoms with Gasteiger partial charge in [-0.25, -0.2) is 0 Å². The van der Waals surface area contributed by atoms with E-state index >= 15 is 0 Å². The van der Waals surface area contributed by atoms with Crippen LogP contribution in [0.3, 0.4) is 0 Å². The Hall–Kier alpha value is -0.980. The van der Waals surface area contributed by atoms with Crippen LogP contribution >= 0.6 is 0 Å². The van der Waals surface area contributed by atoms with Crippen molar-refractivity contribution < 1.29 is 4.52 Å². The van der Waals surface area contributed by atoms with Gasteiger partial charge in [0.15, 0.2) is 5.82 Å². The minimum atomic E-state index is 0.169. The maximum Gasteiger partial charge on any atom is 0.243 e. The van der Waals surface area contributed by atoms with Crippen molar-refractivity contribution in [2.75, 3.05) is 39.8 Å². The second-order valence-corrected chi connectivity index (χ2v) is 5.09. The standard InChI is InChI=1S/C12H21N5O/c1-3-9(13-2)12-14-11(15-18-12)10-8-16-4-6-17(10)7-5-16/h9-10,13H,3-8H2,1-2H3. The molecule has 100 valence electrons. The molecule has 0 aliphatic carbocycles. The topological polar surface area (TPSA) is 57.4 Å². The molecule has 0 spiro atoms. The zero-order chi connectivity index (χ0) is 12.5. The fourth-order valence-electron chi connectivity index (χ4n) is 2.89. The lowest BCUT2D eigenvalue weighted by atomic mass is 10.1. The first-order valence-corrected chi connectivity index (χ1v) is 6.79. The Balaban J connectivity index is 1.77. The maximum absolute atomic E-state index is 5.40. The van der Waals surface area contributed by atoms with Gasteiger partial charge in [0.1, 0.15) is 0 Å². The zero-order valence-electron chi connectivity index (χ0n) is 11.1. The second kappa shape index (κ2) is 4.95. The average Bonchev–Trinajstić information content (AvgIpc) is 2.91. The van der Waals surface area contributed by atoms with E-state index in [1.807, 2.05) is 7.05 Å². The van der Waals surface area contributed by atoms with Gasteiger partial charge in [-0.15, -0.1) is 0 Å². The Morgan fingerprint density at radius 1 is 1.39 bits per heavy atom. The lowest BCUT2D eigenvalue weighted by Gasteiger charge is -2.46. The summed E-state index contributed by atoms with van der Waals surface area (Å²) in [4.78, 5) is 9.54. The van der Waals surface area contributed by atoms with Gasteiger partial charge in [-0.3, -0.25) is 9.80 Å². The maximum atomic E-state index is 5.40. The van der Waals surface area contributed by atoms with Gasteiger partial charge in [-0.2, -0.15) is 4.98 Å². The number of fused-ring (bicyclic) bond motifs is 3. The van der Waals surface area contributed by atoms with Crippen LogP contribution < -0.4 is 5.32 Å². The number of rotatable bonds is 4. The first-order valence-electron chi connectivity index (χ1n) is 6.79. The summed E-state index contributed by atoms with van der Waals surface area (Å²) < 4.78 is 5.40. The molecule has 18 heavy (non-hydrogen) atoms. The molecule has 0 saturated carbocycles. The molecule has 3 fully saturated rings. The summed E-state index contributed by atoms with van der Waals surface area (Å²) in [5.74, 6) is 1.57. The molecule has 6 heteroatoms. The largest absolute Gasteiger partial charge is 0.338 e. The van der Waals surface area contributed by atoms with E-state index in [9.17, 15) is 0 Å². The monoisotopic (exact) mass is 251 g/mol. The SMILES string of the molecule is CCC(NC)c1nc(C2CN3CCN2CC3)no1. The van der Waals surface area contributed by atoms with Crippen molar-refractivity contribution in [3.63, 3.8) is 0 Å². The molecule has 2 unspecified atom stereocenters. The third-order valence-electron chi connectivity index (χ3n) is 4.09. The predicted octanol–water partition coefficient (Wildman–Crippen LogP) is 0.412. The molecule has 4 rings (SSSR count). The molecular weight excluding hydrogens is 230 g/mol. The van der Waals surface area contributed by atoms with Crippen molar-refractivity contribution in [2.24, 2.45) is 0 Å². The van der Waals surface area contributed by atoms with Gasteiger partial charge in [0, 0.05) is 32.7 Å². The van der Waals surface area contributed by atoms with Gasteiger partial charge in [-0.05, 0) is 13.5 Å². The van der Waals surface area contributed by atoms with Crippen LogP contribution in [0.1, 0.15) is 37.1 Å². The van der Waals surface area contributed by atoms with Crippen molar-refractivity contribution in [1.29, 1.82) is 0 Å². The second-order valence-electron chi connectivity index (χ2n) is 5.09. The van der Waals surface area contributed by atoms with Crippen LogP contribution in [0.2, 0.25) is 0 Å². The highest BCUT2D eigenvalue weighted by atomic mass is 16.5. The average molecular weight is 251 g/mol. The van der Waals surface area contributed by atoms with Crippen LogP contribution in [0.15, 0.2) is 4.52 Å². The Labute approximate surface area is 107 Å². The van der Waals surface area contributed by atoms with Crippen molar-refractivity contribution in [1.82, 2.24) is 25.3 Å². The van der Waals surface area contributed by atoms with E-state index in [4.69, 9.17) is 4.52 Å². The summed E-state index contributed by atoms with van der Waals surface area (Å²) in [7, 11) is 1.93. The number of nitrogens with zero attached hydrogens (tertiary/aromatic N) is 4. The third kappa shape index (κ3) is 2.04. The van der Waals surface area contributed by atoms with E-state index in [0.717, 1.165) is 31.9 Å². The summed E-state index contributed by atoms with van der Waals surface area (Å²) in [6.07, 6.45) is 0.957. The third-order valence-corrected chi connectivity index (χ3v) is 4.09. The number of hydrogen-bond donors (Lipinski definition) is 1. The van der Waals surface area contributed by atoms with Crippen LogP contribution in [0, 0.1) is 0 Å². The minimum absolute atomic E-state index is 0.169. The first-order chi connectivity index (χ1) is 8.81. The Morgan fingerprint density at radius 3 is 2.72 bits per heavy atom. The molecule has 0 aromatic carbocycles. The normalized spacial score (nSPS) is 32.7. The molecule has 1 aromatic rings. The number of nitrogens with one attached hydrogen (secondary N) is 1. The van der Waals surface area contributed by atoms with Gasteiger partial charge in [0.05, 0.1) is 12.1 Å². The molecule has 0 amide bonds. The van der Waals surface area contributed by atoms with E-state index in [1.165, 1.54) is 13.1 Å². The van der Waals surface area contributed by atoms with E-state index in [0.29, 0.717) is 11.9 Å². The van der Waals surface area contributed by atoms with Crippen LogP contribution in [0.4, 0.5) is 0 Å². The Morgan fingerprint density at radius 2 is 2.17 bits per heavy atom. The zero-order valence-corrected chi connectivity index (χ0v) is 11.1. The predicted molar refractivity (Wildman–Crippen MR) is 67.1 cm³/mol. The molecule has 3 aliphatic rings. The van der Waals surface area contributed by atoms with Crippen molar-refractivity contribution in [2.45, 2.75) is 25.4 Å². The molecule has 3 saturated heterocycles. The molecule has 2 bridgehead atoms. The lowest BCUT2D eigenvalue weighted by Crippen LogP contribution is -2.57. The molecular formula is C12H21N5O. The van der Waals surface area contributed by atoms with E-state index in [-0.39, 0.29) is 6.04 Å². The van der Waals surface area contributed by atoms with Crippen LogP contribution in [-0.2, 0) is 0 Å².